The number of terminal acetylenes is 1. The number of benzene rings is 2. The molecule has 0 radical (unpaired) electrons. The number of halogens is 1. The first-order chi connectivity index (χ1) is 20.0. The van der Waals surface area contributed by atoms with E-state index in [4.69, 9.17) is 30.4 Å². The minimum atomic E-state index is -0.977. The predicted molar refractivity (Wildman–Crippen MR) is 146 cm³/mol. The molecule has 41 heavy (non-hydrogen) atoms. The molecule has 0 bridgehead atoms. The molecule has 0 amide bonds. The molecule has 0 aliphatic carbocycles. The van der Waals surface area contributed by atoms with Gasteiger partial charge in [0.2, 0.25) is 12.2 Å². The lowest BCUT2D eigenvalue weighted by molar-refractivity contribution is -0.207. The molecule has 2 aromatic heterocycles. The van der Waals surface area contributed by atoms with E-state index < -0.39 is 18.1 Å². The minimum Gasteiger partial charge on any atom is -0.478 e. The van der Waals surface area contributed by atoms with E-state index in [1.54, 1.807) is 48.5 Å². The largest absolute Gasteiger partial charge is 0.478 e. The van der Waals surface area contributed by atoms with Crippen molar-refractivity contribution < 1.29 is 33.2 Å². The van der Waals surface area contributed by atoms with Gasteiger partial charge in [-0.25, -0.2) is 19.2 Å². The second kappa shape index (κ2) is 11.7. The summed E-state index contributed by atoms with van der Waals surface area (Å²) in [4.78, 5) is 20.9. The van der Waals surface area contributed by atoms with Gasteiger partial charge in [-0.05, 0) is 42.8 Å². The van der Waals surface area contributed by atoms with Crippen LogP contribution in [-0.4, -0.2) is 51.5 Å². The number of nitrogens with zero attached hydrogens (tertiary/aromatic N) is 3. The third-order valence-corrected chi connectivity index (χ3v) is 7.27. The standard InChI is InChI=1S/C31H28FN3O6/c1-2-19-6-7-22(24(32)12-19)18-39-29-5-3-4-26(34-29)31-40-16-20(17-41-31)13-28-33-25-9-8-21(30(36)37)14-27(25)35(28)15-23-10-11-38-23/h1,3-9,12,14,20,23,31H,10-11,13,15-18H2,(H,36,37)/t20?,23-,31?/m0/s1. The summed E-state index contributed by atoms with van der Waals surface area (Å²) in [6, 6.07) is 14.8. The Morgan fingerprint density at radius 3 is 2.66 bits per heavy atom. The molecule has 6 rings (SSSR count). The van der Waals surface area contributed by atoms with Crippen molar-refractivity contribution in [2.24, 2.45) is 5.92 Å². The molecule has 210 valence electrons. The topological polar surface area (TPSA) is 105 Å². The lowest BCUT2D eigenvalue weighted by Crippen LogP contribution is -2.33. The van der Waals surface area contributed by atoms with Gasteiger partial charge in [0.1, 0.15) is 23.9 Å². The zero-order valence-electron chi connectivity index (χ0n) is 22.2. The number of carboxylic acid groups (broad SMARTS) is 1. The van der Waals surface area contributed by atoms with Gasteiger partial charge in [0.15, 0.2) is 0 Å². The third-order valence-electron chi connectivity index (χ3n) is 7.27. The molecule has 1 atom stereocenters. The maximum atomic E-state index is 14.2. The normalized spacial score (nSPS) is 20.3. The van der Waals surface area contributed by atoms with Crippen LogP contribution in [0.15, 0.2) is 54.6 Å². The van der Waals surface area contributed by atoms with E-state index in [1.807, 2.05) is 0 Å². The maximum Gasteiger partial charge on any atom is 0.335 e. The molecule has 9 nitrogen and oxygen atoms in total. The van der Waals surface area contributed by atoms with Gasteiger partial charge in [-0.3, -0.25) is 0 Å². The Hall–Kier alpha value is -4.30. The molecule has 2 aliphatic rings. The van der Waals surface area contributed by atoms with E-state index in [2.05, 4.69) is 15.5 Å². The highest BCUT2D eigenvalue weighted by molar-refractivity contribution is 5.92. The van der Waals surface area contributed by atoms with Gasteiger partial charge in [0.05, 0.1) is 42.5 Å². The van der Waals surface area contributed by atoms with Crippen molar-refractivity contribution in [3.8, 4) is 18.2 Å². The number of rotatable bonds is 9. The summed E-state index contributed by atoms with van der Waals surface area (Å²) in [6.45, 7) is 2.19. The molecule has 2 fully saturated rings. The summed E-state index contributed by atoms with van der Waals surface area (Å²) in [6.07, 6.45) is 6.29. The number of hydrogen-bond acceptors (Lipinski definition) is 7. The molecule has 4 heterocycles. The number of aromatic nitrogens is 3. The van der Waals surface area contributed by atoms with Gasteiger partial charge in [-0.1, -0.05) is 18.1 Å². The van der Waals surface area contributed by atoms with Crippen LogP contribution in [0.5, 0.6) is 5.88 Å². The van der Waals surface area contributed by atoms with Crippen LogP contribution in [0, 0.1) is 24.1 Å². The van der Waals surface area contributed by atoms with Gasteiger partial charge in [0, 0.05) is 36.1 Å². The molecule has 2 saturated heterocycles. The van der Waals surface area contributed by atoms with Crippen molar-refractivity contribution in [1.82, 2.24) is 14.5 Å². The highest BCUT2D eigenvalue weighted by Gasteiger charge is 2.28. The number of aromatic carboxylic acids is 1. The molecule has 10 heteroatoms. The Kier molecular flexibility index (Phi) is 7.65. The number of fused-ring (bicyclic) bond motifs is 1. The van der Waals surface area contributed by atoms with Crippen LogP contribution in [0.25, 0.3) is 11.0 Å². The van der Waals surface area contributed by atoms with Crippen molar-refractivity contribution >= 4 is 17.0 Å². The smallest absolute Gasteiger partial charge is 0.335 e. The second-order valence-electron chi connectivity index (χ2n) is 10.1. The Bertz CT molecular complexity index is 1620. The van der Waals surface area contributed by atoms with Gasteiger partial charge < -0.3 is 28.6 Å². The molecule has 0 unspecified atom stereocenters. The number of pyridine rings is 1. The fourth-order valence-electron chi connectivity index (χ4n) is 4.94. The number of ether oxygens (including phenoxy) is 4. The summed E-state index contributed by atoms with van der Waals surface area (Å²) in [5.74, 6) is 2.20. The summed E-state index contributed by atoms with van der Waals surface area (Å²) >= 11 is 0. The van der Waals surface area contributed by atoms with Gasteiger partial charge in [0.25, 0.3) is 0 Å². The van der Waals surface area contributed by atoms with Crippen LogP contribution < -0.4 is 4.74 Å². The first-order valence-corrected chi connectivity index (χ1v) is 13.4. The zero-order chi connectivity index (χ0) is 28.3. The van der Waals surface area contributed by atoms with Crippen molar-refractivity contribution in [2.75, 3.05) is 19.8 Å². The summed E-state index contributed by atoms with van der Waals surface area (Å²) in [7, 11) is 0. The Morgan fingerprint density at radius 2 is 1.95 bits per heavy atom. The van der Waals surface area contributed by atoms with Crippen LogP contribution in [-0.2, 0) is 33.8 Å². The van der Waals surface area contributed by atoms with E-state index in [9.17, 15) is 14.3 Å². The zero-order valence-corrected chi connectivity index (χ0v) is 22.2. The van der Waals surface area contributed by atoms with Gasteiger partial charge in [-0.15, -0.1) is 6.42 Å². The van der Waals surface area contributed by atoms with E-state index in [0.717, 1.165) is 29.9 Å². The highest BCUT2D eigenvalue weighted by atomic mass is 19.1. The molecular formula is C31H28FN3O6. The Labute approximate surface area is 235 Å². The summed E-state index contributed by atoms with van der Waals surface area (Å²) in [5.41, 5.74) is 3.13. The van der Waals surface area contributed by atoms with E-state index in [1.165, 1.54) is 6.07 Å². The van der Waals surface area contributed by atoms with E-state index in [-0.39, 0.29) is 24.2 Å². The van der Waals surface area contributed by atoms with Crippen LogP contribution in [0.3, 0.4) is 0 Å². The lowest BCUT2D eigenvalue weighted by Gasteiger charge is -2.30. The van der Waals surface area contributed by atoms with Crippen molar-refractivity contribution in [1.29, 1.82) is 0 Å². The monoisotopic (exact) mass is 557 g/mol. The summed E-state index contributed by atoms with van der Waals surface area (Å²) in [5, 5.41) is 9.47. The summed E-state index contributed by atoms with van der Waals surface area (Å²) < 4.78 is 39.7. The fourth-order valence-corrected chi connectivity index (χ4v) is 4.94. The Morgan fingerprint density at radius 1 is 1.12 bits per heavy atom. The molecular weight excluding hydrogens is 529 g/mol. The van der Waals surface area contributed by atoms with Crippen molar-refractivity contribution in [3.05, 3.63) is 88.6 Å². The van der Waals surface area contributed by atoms with Gasteiger partial charge in [-0.2, -0.15) is 0 Å². The molecule has 0 saturated carbocycles. The number of hydrogen-bond donors (Lipinski definition) is 1. The van der Waals surface area contributed by atoms with Crippen LogP contribution in [0.4, 0.5) is 4.39 Å². The lowest BCUT2D eigenvalue weighted by atomic mass is 10.1. The minimum absolute atomic E-state index is 0.00243. The average molecular weight is 558 g/mol. The Balaban J connectivity index is 1.10. The maximum absolute atomic E-state index is 14.2. The average Bonchev–Trinajstić information content (AvgIpc) is 3.30. The number of carboxylic acids is 1. The third kappa shape index (κ3) is 5.93. The quantitative estimate of drug-likeness (QED) is 0.300. The van der Waals surface area contributed by atoms with Crippen LogP contribution in [0.2, 0.25) is 0 Å². The van der Waals surface area contributed by atoms with E-state index >= 15 is 0 Å². The molecule has 1 N–H and O–H groups in total. The van der Waals surface area contributed by atoms with Crippen molar-refractivity contribution in [3.63, 3.8) is 0 Å². The fraction of sp³-hybridized carbons (Fsp3) is 0.323. The predicted octanol–water partition coefficient (Wildman–Crippen LogP) is 4.52. The van der Waals surface area contributed by atoms with Gasteiger partial charge >= 0.3 is 5.97 Å². The van der Waals surface area contributed by atoms with E-state index in [0.29, 0.717) is 48.9 Å². The number of imidazole rings is 1. The molecule has 2 aliphatic heterocycles. The first-order valence-electron chi connectivity index (χ1n) is 13.4. The second-order valence-corrected chi connectivity index (χ2v) is 10.1. The molecule has 4 aromatic rings. The first kappa shape index (κ1) is 26.9. The van der Waals surface area contributed by atoms with Crippen molar-refractivity contribution in [2.45, 2.75) is 38.4 Å². The van der Waals surface area contributed by atoms with Crippen LogP contribution >= 0.6 is 0 Å². The molecule has 2 aromatic carbocycles. The highest BCUT2D eigenvalue weighted by Crippen LogP contribution is 2.29. The SMILES string of the molecule is C#Cc1ccc(COc2cccc(C3OCC(Cc4nc5ccc(C(=O)O)cc5n4C[C@@H]4CCO4)CO3)n2)c(F)c1. The number of carbonyl (C=O) groups is 1. The van der Waals surface area contributed by atoms with Crippen LogP contribution in [0.1, 0.15) is 45.7 Å². The molecule has 0 spiro atoms.